The summed E-state index contributed by atoms with van der Waals surface area (Å²) >= 11 is 12.6. The molecular weight excluding hydrogens is 333 g/mol. The summed E-state index contributed by atoms with van der Waals surface area (Å²) in [5.74, 6) is 0.759. The van der Waals surface area contributed by atoms with E-state index in [0.29, 0.717) is 23.0 Å². The molecule has 3 rings (SSSR count). The zero-order valence-corrected chi connectivity index (χ0v) is 14.0. The van der Waals surface area contributed by atoms with E-state index in [1.807, 2.05) is 54.0 Å². The molecule has 0 spiro atoms. The molecule has 0 radical (unpaired) electrons. The van der Waals surface area contributed by atoms with Crippen LogP contribution in [0.4, 0.5) is 0 Å². The molecule has 2 aromatic carbocycles. The predicted molar refractivity (Wildman–Crippen MR) is 92.9 cm³/mol. The Bertz CT molecular complexity index is 840. The topological polar surface area (TPSA) is 46.9 Å². The maximum atomic E-state index is 10.8. The molecule has 6 heteroatoms. The van der Waals surface area contributed by atoms with Crippen molar-refractivity contribution in [2.24, 2.45) is 0 Å². The number of carbonyl (C=O) groups is 1. The van der Waals surface area contributed by atoms with Gasteiger partial charge in [-0.15, -0.1) is 0 Å². The number of amides is 1. The Morgan fingerprint density at radius 2 is 1.87 bits per heavy atom. The average molecular weight is 348 g/mol. The first-order valence-electron chi connectivity index (χ1n) is 7.19. The molecule has 1 amide bonds. The number of hydrogen-bond acceptors (Lipinski definition) is 2. The van der Waals surface area contributed by atoms with Gasteiger partial charge in [-0.3, -0.25) is 4.79 Å². The number of benzene rings is 2. The molecule has 1 atom stereocenters. The van der Waals surface area contributed by atoms with Crippen molar-refractivity contribution in [1.29, 1.82) is 0 Å². The second-order valence-electron chi connectivity index (χ2n) is 5.25. The molecule has 1 heterocycles. The van der Waals surface area contributed by atoms with Gasteiger partial charge in [-0.1, -0.05) is 41.4 Å². The molecule has 0 aliphatic carbocycles. The number of aromatic nitrogens is 2. The summed E-state index contributed by atoms with van der Waals surface area (Å²) in [7, 11) is 0. The van der Waals surface area contributed by atoms with Gasteiger partial charge in [0.25, 0.3) is 0 Å². The van der Waals surface area contributed by atoms with Gasteiger partial charge in [0, 0.05) is 15.6 Å². The Balaban J connectivity index is 2.14. The van der Waals surface area contributed by atoms with Crippen LogP contribution < -0.4 is 5.32 Å². The lowest BCUT2D eigenvalue weighted by molar-refractivity contribution is -0.110. The zero-order chi connectivity index (χ0) is 16.4. The summed E-state index contributed by atoms with van der Waals surface area (Å²) in [6.07, 6.45) is 0.677. The van der Waals surface area contributed by atoms with Gasteiger partial charge in [-0.2, -0.15) is 0 Å². The maximum absolute atomic E-state index is 10.8. The molecule has 0 saturated heterocycles. The van der Waals surface area contributed by atoms with E-state index in [1.165, 1.54) is 0 Å². The van der Waals surface area contributed by atoms with Crippen LogP contribution in [0, 0.1) is 0 Å². The first-order valence-corrected chi connectivity index (χ1v) is 7.95. The van der Waals surface area contributed by atoms with Crippen molar-refractivity contribution < 1.29 is 4.79 Å². The lowest BCUT2D eigenvalue weighted by Gasteiger charge is -2.15. The summed E-state index contributed by atoms with van der Waals surface area (Å²) < 4.78 is 2.03. The highest BCUT2D eigenvalue weighted by Gasteiger charge is 2.18. The lowest BCUT2D eigenvalue weighted by Crippen LogP contribution is -2.21. The molecule has 0 fully saturated rings. The summed E-state index contributed by atoms with van der Waals surface area (Å²) in [5, 5.41) is 3.97. The minimum absolute atomic E-state index is 0.221. The zero-order valence-electron chi connectivity index (χ0n) is 12.5. The first-order chi connectivity index (χ1) is 11.1. The molecule has 0 aliphatic heterocycles. The highest BCUT2D eigenvalue weighted by atomic mass is 35.5. The normalized spacial score (nSPS) is 12.3. The predicted octanol–water partition coefficient (Wildman–Crippen LogP) is 4.20. The molecule has 4 nitrogen and oxygen atoms in total. The molecule has 0 bridgehead atoms. The van der Waals surface area contributed by atoms with E-state index in [4.69, 9.17) is 23.2 Å². The Hall–Kier alpha value is -2.04. The number of imidazole rings is 1. The van der Waals surface area contributed by atoms with Crippen molar-refractivity contribution >= 4 is 40.6 Å². The summed E-state index contributed by atoms with van der Waals surface area (Å²) in [4.78, 5) is 15.4. The van der Waals surface area contributed by atoms with Crippen molar-refractivity contribution in [1.82, 2.24) is 14.9 Å². The van der Waals surface area contributed by atoms with E-state index in [9.17, 15) is 4.79 Å². The number of nitrogens with one attached hydrogen (secondary N) is 1. The van der Waals surface area contributed by atoms with Gasteiger partial charge < -0.3 is 9.88 Å². The number of nitrogens with zero attached hydrogens (tertiary/aromatic N) is 2. The van der Waals surface area contributed by atoms with Gasteiger partial charge in [0.1, 0.15) is 5.82 Å². The second kappa shape index (κ2) is 6.60. The summed E-state index contributed by atoms with van der Waals surface area (Å²) in [5.41, 5.74) is 2.67. The van der Waals surface area contributed by atoms with Crippen molar-refractivity contribution in [3.63, 3.8) is 0 Å². The Labute approximate surface area is 144 Å². The van der Waals surface area contributed by atoms with Gasteiger partial charge in [-0.05, 0) is 31.2 Å². The smallest absolute Gasteiger partial charge is 0.207 e. The maximum Gasteiger partial charge on any atom is 0.207 e. The Kier molecular flexibility index (Phi) is 4.55. The third kappa shape index (κ3) is 3.05. The highest BCUT2D eigenvalue weighted by Crippen LogP contribution is 2.28. The van der Waals surface area contributed by atoms with E-state index >= 15 is 0 Å². The van der Waals surface area contributed by atoms with Crippen LogP contribution in [-0.4, -0.2) is 16.0 Å². The summed E-state index contributed by atoms with van der Waals surface area (Å²) in [6.45, 7) is 2.37. The number of rotatable bonds is 5. The van der Waals surface area contributed by atoms with Gasteiger partial charge in [-0.25, -0.2) is 4.98 Å². The second-order valence-corrected chi connectivity index (χ2v) is 6.07. The fourth-order valence-corrected chi connectivity index (χ4v) is 3.13. The van der Waals surface area contributed by atoms with E-state index in [1.54, 1.807) is 0 Å². The van der Waals surface area contributed by atoms with Crippen molar-refractivity contribution in [2.75, 3.05) is 0 Å². The average Bonchev–Trinajstić information content (AvgIpc) is 2.90. The van der Waals surface area contributed by atoms with Crippen LogP contribution in [0.3, 0.4) is 0 Å². The highest BCUT2D eigenvalue weighted by molar-refractivity contribution is 6.36. The molecule has 3 aromatic rings. The Morgan fingerprint density at radius 1 is 1.17 bits per heavy atom. The molecule has 1 unspecified atom stereocenters. The number of halogens is 2. The standard InChI is InChI=1S/C17H15Cl2N3O/c1-11(20-10-23)17-21-15-7-2-3-8-16(15)22(17)9-12-13(18)5-4-6-14(12)19/h2-8,10-11H,9H2,1H3,(H,20,23). The van der Waals surface area contributed by atoms with Crippen molar-refractivity contribution in [3.8, 4) is 0 Å². The molecule has 1 N–H and O–H groups in total. The van der Waals surface area contributed by atoms with Gasteiger partial charge in [0.15, 0.2) is 0 Å². The van der Waals surface area contributed by atoms with Crippen LogP contribution in [0.2, 0.25) is 10.0 Å². The lowest BCUT2D eigenvalue weighted by atomic mass is 10.2. The van der Waals surface area contributed by atoms with Crippen LogP contribution >= 0.6 is 23.2 Å². The van der Waals surface area contributed by atoms with Gasteiger partial charge in [0.2, 0.25) is 6.41 Å². The molecule has 0 aliphatic rings. The van der Waals surface area contributed by atoms with Crippen LogP contribution in [0.1, 0.15) is 24.4 Å². The van der Waals surface area contributed by atoms with Gasteiger partial charge >= 0.3 is 0 Å². The molecule has 1 aromatic heterocycles. The van der Waals surface area contributed by atoms with Crippen LogP contribution in [0.15, 0.2) is 42.5 Å². The molecule has 23 heavy (non-hydrogen) atoms. The first kappa shape index (κ1) is 15.8. The largest absolute Gasteiger partial charge is 0.349 e. The van der Waals surface area contributed by atoms with Crippen molar-refractivity contribution in [2.45, 2.75) is 19.5 Å². The number of carbonyl (C=O) groups excluding carboxylic acids is 1. The van der Waals surface area contributed by atoms with Crippen LogP contribution in [-0.2, 0) is 11.3 Å². The fourth-order valence-electron chi connectivity index (χ4n) is 2.61. The minimum Gasteiger partial charge on any atom is -0.349 e. The van der Waals surface area contributed by atoms with Crippen LogP contribution in [0.25, 0.3) is 11.0 Å². The summed E-state index contributed by atoms with van der Waals surface area (Å²) in [6, 6.07) is 13.0. The monoisotopic (exact) mass is 347 g/mol. The van der Waals surface area contributed by atoms with E-state index in [-0.39, 0.29) is 6.04 Å². The fraction of sp³-hybridized carbons (Fsp3) is 0.176. The van der Waals surface area contributed by atoms with Crippen LogP contribution in [0.5, 0.6) is 0 Å². The van der Waals surface area contributed by atoms with Crippen molar-refractivity contribution in [3.05, 3.63) is 63.9 Å². The number of fused-ring (bicyclic) bond motifs is 1. The quantitative estimate of drug-likeness (QED) is 0.703. The van der Waals surface area contributed by atoms with E-state index in [0.717, 1.165) is 22.4 Å². The SMILES string of the molecule is CC(NC=O)c1nc2ccccc2n1Cc1c(Cl)cccc1Cl. The molecule has 0 saturated carbocycles. The molecular formula is C17H15Cl2N3O. The Morgan fingerprint density at radius 3 is 2.57 bits per heavy atom. The van der Waals surface area contributed by atoms with Gasteiger partial charge in [0.05, 0.1) is 23.6 Å². The number of para-hydroxylation sites is 2. The van der Waals surface area contributed by atoms with E-state index < -0.39 is 0 Å². The molecule has 118 valence electrons. The minimum atomic E-state index is -0.221. The third-order valence-electron chi connectivity index (χ3n) is 3.77. The number of hydrogen-bond donors (Lipinski definition) is 1. The third-order valence-corrected chi connectivity index (χ3v) is 4.48. The van der Waals surface area contributed by atoms with E-state index in [2.05, 4.69) is 10.3 Å².